The molecule has 8 nitrogen and oxygen atoms in total. The number of aryl methyl sites for hydroxylation is 1. The van der Waals surface area contributed by atoms with Crippen LogP contribution in [0.3, 0.4) is 0 Å². The highest BCUT2D eigenvalue weighted by atomic mass is 16.2. The number of piperidine rings is 1. The quantitative estimate of drug-likeness (QED) is 0.221. The molecule has 3 amide bonds. The molecule has 196 valence electrons. The van der Waals surface area contributed by atoms with Crippen LogP contribution in [-0.2, 0) is 20.8 Å². The predicted molar refractivity (Wildman–Crippen MR) is 148 cm³/mol. The summed E-state index contributed by atoms with van der Waals surface area (Å²) >= 11 is 0. The van der Waals surface area contributed by atoms with Gasteiger partial charge in [0, 0.05) is 37.1 Å². The van der Waals surface area contributed by atoms with Crippen LogP contribution in [-0.4, -0.2) is 37.9 Å². The summed E-state index contributed by atoms with van der Waals surface area (Å²) < 4.78 is 0. The monoisotopic (exact) mass is 487 g/mol. The maximum Gasteiger partial charge on any atom is 0.249 e. The molecule has 2 aliphatic heterocycles. The van der Waals surface area contributed by atoms with Crippen molar-refractivity contribution in [1.82, 2.24) is 10.6 Å². The Bertz CT molecular complexity index is 834. The Hall–Kier alpha value is -3.55. The molecule has 0 saturated carbocycles. The van der Waals surface area contributed by atoms with Crippen molar-refractivity contribution < 1.29 is 14.4 Å². The molecular weight excluding hydrogens is 442 g/mol. The molecule has 2 aliphatic rings. The number of rotatable bonds is 4. The van der Waals surface area contributed by atoms with Gasteiger partial charge >= 0.3 is 0 Å². The summed E-state index contributed by atoms with van der Waals surface area (Å²) in [6.45, 7) is 14.6. The summed E-state index contributed by atoms with van der Waals surface area (Å²) in [7, 11) is 2.13. The number of amides is 3. The third-order valence-electron chi connectivity index (χ3n) is 4.68. The fourth-order valence-corrected chi connectivity index (χ4v) is 3.02. The van der Waals surface area contributed by atoms with E-state index in [2.05, 4.69) is 41.3 Å². The van der Waals surface area contributed by atoms with Gasteiger partial charge in [-0.3, -0.25) is 19.7 Å². The second-order valence-corrected chi connectivity index (χ2v) is 7.10. The first-order chi connectivity index (χ1) is 16.8. The van der Waals surface area contributed by atoms with E-state index in [1.165, 1.54) is 24.1 Å². The molecule has 1 saturated heterocycles. The van der Waals surface area contributed by atoms with Gasteiger partial charge in [0.2, 0.25) is 18.2 Å². The number of allylic oxidation sites excluding steroid dienone is 4. The van der Waals surface area contributed by atoms with Gasteiger partial charge < -0.3 is 21.7 Å². The molecule has 2 heterocycles. The van der Waals surface area contributed by atoms with Crippen LogP contribution in [0.1, 0.15) is 59.4 Å². The van der Waals surface area contributed by atoms with E-state index in [0.29, 0.717) is 18.5 Å². The number of anilines is 2. The first-order valence-electron chi connectivity index (χ1n) is 12.2. The largest absolute Gasteiger partial charge is 0.399 e. The van der Waals surface area contributed by atoms with Gasteiger partial charge in [0.15, 0.2) is 0 Å². The van der Waals surface area contributed by atoms with Crippen molar-refractivity contribution >= 4 is 29.6 Å². The normalized spacial score (nSPS) is 16.2. The van der Waals surface area contributed by atoms with E-state index in [1.54, 1.807) is 12.2 Å². The highest BCUT2D eigenvalue weighted by molar-refractivity contribution is 6.00. The van der Waals surface area contributed by atoms with Crippen molar-refractivity contribution in [3.05, 3.63) is 60.3 Å². The van der Waals surface area contributed by atoms with Gasteiger partial charge in [-0.1, -0.05) is 46.4 Å². The fourth-order valence-electron chi connectivity index (χ4n) is 3.02. The molecule has 0 spiro atoms. The first-order valence-corrected chi connectivity index (χ1v) is 12.2. The van der Waals surface area contributed by atoms with E-state index in [1.807, 2.05) is 52.8 Å². The Labute approximate surface area is 211 Å². The number of nitrogens with zero attached hydrogens (tertiary/aromatic N) is 1. The summed E-state index contributed by atoms with van der Waals surface area (Å²) in [6, 6.07) is 5.64. The second kappa shape index (κ2) is 21.0. The SMILES string of the molecule is C=C/C(N)=C\C=C/C.CC.CC.CN1CCCc2cc(N)ccc21.O=CNC1CCC(=O)NC1=O. The molecular formula is C27H45N5O3. The third-order valence-corrected chi connectivity index (χ3v) is 4.68. The Morgan fingerprint density at radius 3 is 2.40 bits per heavy atom. The highest BCUT2D eigenvalue weighted by Gasteiger charge is 2.25. The van der Waals surface area contributed by atoms with Crippen LogP contribution in [0.25, 0.3) is 0 Å². The fraction of sp³-hybridized carbons (Fsp3) is 0.444. The van der Waals surface area contributed by atoms with Crippen LogP contribution < -0.4 is 27.0 Å². The number of nitrogens with two attached hydrogens (primary N) is 2. The van der Waals surface area contributed by atoms with Crippen LogP contribution >= 0.6 is 0 Å². The molecule has 0 bridgehead atoms. The number of nitrogens with one attached hydrogen (secondary N) is 2. The zero-order chi connectivity index (χ0) is 27.2. The molecule has 0 radical (unpaired) electrons. The van der Waals surface area contributed by atoms with Crippen LogP contribution in [0.5, 0.6) is 0 Å². The number of hydrogen-bond acceptors (Lipinski definition) is 6. The lowest BCUT2D eigenvalue weighted by Crippen LogP contribution is -2.50. The predicted octanol–water partition coefficient (Wildman–Crippen LogP) is 3.83. The van der Waals surface area contributed by atoms with Gasteiger partial charge in [0.25, 0.3) is 0 Å². The van der Waals surface area contributed by atoms with Gasteiger partial charge in [0.05, 0.1) is 0 Å². The first kappa shape index (κ1) is 33.6. The third kappa shape index (κ3) is 14.3. The maximum absolute atomic E-state index is 10.8. The van der Waals surface area contributed by atoms with Crippen molar-refractivity contribution in [2.45, 2.75) is 66.3 Å². The van der Waals surface area contributed by atoms with Crippen molar-refractivity contribution in [1.29, 1.82) is 0 Å². The Morgan fingerprint density at radius 1 is 1.20 bits per heavy atom. The van der Waals surface area contributed by atoms with Crippen LogP contribution in [0.15, 0.2) is 54.8 Å². The number of nitrogen functional groups attached to an aromatic ring is 1. The van der Waals surface area contributed by atoms with Gasteiger partial charge in [0.1, 0.15) is 6.04 Å². The molecule has 1 atom stereocenters. The van der Waals surface area contributed by atoms with Gasteiger partial charge in [-0.05, 0) is 62.1 Å². The number of hydrogen-bond donors (Lipinski definition) is 4. The lowest BCUT2D eigenvalue weighted by Gasteiger charge is -2.27. The molecule has 1 aromatic carbocycles. The molecule has 3 rings (SSSR count). The van der Waals surface area contributed by atoms with E-state index in [0.717, 1.165) is 12.2 Å². The highest BCUT2D eigenvalue weighted by Crippen LogP contribution is 2.27. The lowest BCUT2D eigenvalue weighted by atomic mass is 10.0. The van der Waals surface area contributed by atoms with E-state index < -0.39 is 11.9 Å². The average molecular weight is 488 g/mol. The second-order valence-electron chi connectivity index (χ2n) is 7.10. The number of carbonyl (C=O) groups excluding carboxylic acids is 3. The minimum absolute atomic E-state index is 0.279. The summed E-state index contributed by atoms with van der Waals surface area (Å²) in [4.78, 5) is 33.6. The van der Waals surface area contributed by atoms with Crippen LogP contribution in [0.2, 0.25) is 0 Å². The van der Waals surface area contributed by atoms with Gasteiger partial charge in [-0.2, -0.15) is 0 Å². The summed E-state index contributed by atoms with van der Waals surface area (Å²) in [5, 5.41) is 4.42. The van der Waals surface area contributed by atoms with Crippen LogP contribution in [0.4, 0.5) is 11.4 Å². The molecule has 0 aliphatic carbocycles. The average Bonchev–Trinajstić information content (AvgIpc) is 2.87. The van der Waals surface area contributed by atoms with Crippen LogP contribution in [0, 0.1) is 0 Å². The number of imide groups is 1. The molecule has 35 heavy (non-hydrogen) atoms. The molecule has 1 unspecified atom stereocenters. The lowest BCUT2D eigenvalue weighted by molar-refractivity contribution is -0.135. The maximum atomic E-state index is 10.8. The summed E-state index contributed by atoms with van der Waals surface area (Å²) in [5.41, 5.74) is 15.4. The van der Waals surface area contributed by atoms with Gasteiger partial charge in [-0.15, -0.1) is 0 Å². The standard InChI is InChI=1S/C10H14N2.C7H11N.C6H8N2O3.2C2H6/c1-12-6-2-3-8-7-9(11)4-5-10(8)12;1-3-5-6-7(8)4-2;9-3-7-4-1-2-5(10)8-6(4)11;2*1-2/h4-5,7H,2-3,6,11H2,1H3;3-6H,2,8H2,1H3;3-4H,1-2H2,(H,7,9)(H,8,10,11);2*1-2H3/b;5-3-,7-6+;;;. The Balaban J connectivity index is 0. The summed E-state index contributed by atoms with van der Waals surface area (Å²) in [6.07, 6.45) is 10.7. The molecule has 1 aromatic rings. The molecule has 0 aromatic heterocycles. The Kier molecular flexibility index (Phi) is 20.2. The number of benzene rings is 1. The zero-order valence-electron chi connectivity index (χ0n) is 22.3. The summed E-state index contributed by atoms with van der Waals surface area (Å²) in [5.74, 6) is -0.702. The van der Waals surface area contributed by atoms with Crippen molar-refractivity contribution in [3.8, 4) is 0 Å². The zero-order valence-corrected chi connectivity index (χ0v) is 22.3. The smallest absolute Gasteiger partial charge is 0.249 e. The molecule has 6 N–H and O–H groups in total. The van der Waals surface area contributed by atoms with E-state index in [4.69, 9.17) is 11.5 Å². The molecule has 1 fully saturated rings. The van der Waals surface area contributed by atoms with E-state index in [9.17, 15) is 14.4 Å². The number of carbonyl (C=O) groups is 3. The van der Waals surface area contributed by atoms with Gasteiger partial charge in [-0.25, -0.2) is 0 Å². The Morgan fingerprint density at radius 2 is 1.86 bits per heavy atom. The van der Waals surface area contributed by atoms with Crippen molar-refractivity contribution in [2.24, 2.45) is 5.73 Å². The van der Waals surface area contributed by atoms with Crippen molar-refractivity contribution in [3.63, 3.8) is 0 Å². The minimum Gasteiger partial charge on any atom is -0.399 e. The topological polar surface area (TPSA) is 131 Å². The number of fused-ring (bicyclic) bond motifs is 1. The van der Waals surface area contributed by atoms with E-state index >= 15 is 0 Å². The van der Waals surface area contributed by atoms with Crippen molar-refractivity contribution in [2.75, 3.05) is 24.2 Å². The van der Waals surface area contributed by atoms with E-state index in [-0.39, 0.29) is 12.3 Å². The minimum atomic E-state index is -0.537. The molecule has 8 heteroatoms.